The topological polar surface area (TPSA) is 93.7 Å². The number of nitrogens with one attached hydrogen (secondary N) is 2. The molecule has 0 radical (unpaired) electrons. The number of carbonyl (C=O) groups excluding carboxylic acids is 3. The van der Waals surface area contributed by atoms with Gasteiger partial charge in [0.2, 0.25) is 0 Å². The van der Waals surface area contributed by atoms with Crippen molar-refractivity contribution in [1.29, 1.82) is 0 Å². The normalized spacial score (nSPS) is 10.5. The largest absolute Gasteiger partial charge is 0.494 e. The number of esters is 1. The smallest absolute Gasteiger partial charge is 0.331 e. The fourth-order valence-corrected chi connectivity index (χ4v) is 2.86. The molecular formula is C20H22N2O5S. The Labute approximate surface area is 167 Å². The van der Waals surface area contributed by atoms with Crippen LogP contribution in [0.1, 0.15) is 17.4 Å². The van der Waals surface area contributed by atoms with Gasteiger partial charge < -0.3 is 14.8 Å². The van der Waals surface area contributed by atoms with Crippen molar-refractivity contribution in [2.75, 3.05) is 19.8 Å². The van der Waals surface area contributed by atoms with Gasteiger partial charge in [-0.05, 0) is 48.6 Å². The van der Waals surface area contributed by atoms with Gasteiger partial charge in [-0.1, -0.05) is 18.2 Å². The number of hydrogen-bond donors (Lipinski definition) is 2. The lowest BCUT2D eigenvalue weighted by Gasteiger charge is -2.06. The molecule has 2 N–H and O–H groups in total. The predicted octanol–water partition coefficient (Wildman–Crippen LogP) is 2.77. The van der Waals surface area contributed by atoms with Crippen molar-refractivity contribution >= 4 is 35.3 Å². The fraction of sp³-hybridized carbons (Fsp3) is 0.250. The summed E-state index contributed by atoms with van der Waals surface area (Å²) in [5.41, 5.74) is 0.787. The third-order valence-electron chi connectivity index (χ3n) is 3.44. The summed E-state index contributed by atoms with van der Waals surface area (Å²) in [4.78, 5) is 36.1. The van der Waals surface area contributed by atoms with Crippen LogP contribution in [0.3, 0.4) is 0 Å². The van der Waals surface area contributed by atoms with Crippen molar-refractivity contribution in [3.05, 3.63) is 58.3 Å². The maximum absolute atomic E-state index is 11.7. The lowest BCUT2D eigenvalue weighted by molar-refractivity contribution is -0.143. The van der Waals surface area contributed by atoms with Gasteiger partial charge in [-0.3, -0.25) is 10.1 Å². The Kier molecular flexibility index (Phi) is 8.74. The molecular weight excluding hydrogens is 380 g/mol. The monoisotopic (exact) mass is 402 g/mol. The van der Waals surface area contributed by atoms with Gasteiger partial charge >= 0.3 is 12.0 Å². The number of urea groups is 1. The lowest BCUT2D eigenvalue weighted by atomic mass is 10.2. The third kappa shape index (κ3) is 8.05. The molecule has 0 atom stereocenters. The third-order valence-corrected chi connectivity index (χ3v) is 4.37. The second-order valence-corrected chi connectivity index (χ2v) is 6.61. The lowest BCUT2D eigenvalue weighted by Crippen LogP contribution is -2.42. The molecule has 0 saturated carbocycles. The van der Waals surface area contributed by atoms with E-state index in [1.807, 2.05) is 24.4 Å². The Hall–Kier alpha value is -3.13. The molecule has 0 saturated heterocycles. The highest BCUT2D eigenvalue weighted by Gasteiger charge is 2.09. The zero-order valence-electron chi connectivity index (χ0n) is 15.5. The molecule has 1 heterocycles. The Morgan fingerprint density at radius 2 is 1.93 bits per heavy atom. The molecule has 0 aliphatic heterocycles. The number of rotatable bonds is 9. The summed E-state index contributed by atoms with van der Waals surface area (Å²) in [5.74, 6) is -0.633. The highest BCUT2D eigenvalue weighted by molar-refractivity contribution is 7.09. The molecule has 7 nitrogen and oxygen atoms in total. The van der Waals surface area contributed by atoms with Crippen LogP contribution in [0.25, 0.3) is 6.08 Å². The van der Waals surface area contributed by atoms with Crippen molar-refractivity contribution in [2.24, 2.45) is 0 Å². The summed E-state index contributed by atoms with van der Waals surface area (Å²) < 4.78 is 10.1. The van der Waals surface area contributed by atoms with E-state index in [0.29, 0.717) is 19.6 Å². The van der Waals surface area contributed by atoms with Crippen LogP contribution in [-0.4, -0.2) is 37.7 Å². The van der Waals surface area contributed by atoms with Gasteiger partial charge in [-0.2, -0.15) is 0 Å². The maximum Gasteiger partial charge on any atom is 0.331 e. The van der Waals surface area contributed by atoms with Crippen LogP contribution >= 0.6 is 11.3 Å². The van der Waals surface area contributed by atoms with Gasteiger partial charge in [0, 0.05) is 17.5 Å². The Balaban J connectivity index is 1.64. The van der Waals surface area contributed by atoms with Crippen molar-refractivity contribution in [3.8, 4) is 5.75 Å². The van der Waals surface area contributed by atoms with Crippen LogP contribution in [-0.2, 0) is 20.7 Å². The Morgan fingerprint density at radius 3 is 2.61 bits per heavy atom. The first-order valence-corrected chi connectivity index (χ1v) is 9.62. The van der Waals surface area contributed by atoms with Gasteiger partial charge in [0.1, 0.15) is 5.75 Å². The minimum atomic E-state index is -0.698. The van der Waals surface area contributed by atoms with Crippen LogP contribution < -0.4 is 15.4 Å². The second kappa shape index (κ2) is 11.6. The molecule has 0 aliphatic carbocycles. The number of amides is 3. The number of imide groups is 1. The standard InChI is InChI=1S/C20H22N2O5S/c1-2-26-16-8-5-15(6-9-16)7-10-19(24)27-14-18(23)22-20(25)21-12-11-17-4-3-13-28-17/h3-10,13H,2,11-12,14H2,1H3,(H2,21,22,23,25)/b10-7+. The fourth-order valence-electron chi connectivity index (χ4n) is 2.15. The van der Waals surface area contributed by atoms with Crippen molar-refractivity contribution < 1.29 is 23.9 Å². The molecule has 148 valence electrons. The van der Waals surface area contributed by atoms with E-state index in [-0.39, 0.29) is 0 Å². The molecule has 1 aromatic heterocycles. The number of thiophene rings is 1. The van der Waals surface area contributed by atoms with Gasteiger partial charge in [0.25, 0.3) is 5.91 Å². The van der Waals surface area contributed by atoms with E-state index in [1.165, 1.54) is 6.08 Å². The zero-order valence-corrected chi connectivity index (χ0v) is 16.3. The molecule has 2 aromatic rings. The minimum absolute atomic E-state index is 0.407. The van der Waals surface area contributed by atoms with Gasteiger partial charge in [0.05, 0.1) is 6.61 Å². The molecule has 28 heavy (non-hydrogen) atoms. The van der Waals surface area contributed by atoms with Crippen molar-refractivity contribution in [2.45, 2.75) is 13.3 Å². The van der Waals surface area contributed by atoms with E-state index in [2.05, 4.69) is 10.6 Å². The van der Waals surface area contributed by atoms with Crippen LogP contribution in [0, 0.1) is 0 Å². The summed E-state index contributed by atoms with van der Waals surface area (Å²) in [6.45, 7) is 2.35. The summed E-state index contributed by atoms with van der Waals surface area (Å²) in [6, 6.07) is 10.4. The molecule has 8 heteroatoms. The summed E-state index contributed by atoms with van der Waals surface area (Å²) in [6.07, 6.45) is 3.46. The maximum atomic E-state index is 11.7. The SMILES string of the molecule is CCOc1ccc(/C=C/C(=O)OCC(=O)NC(=O)NCCc2cccs2)cc1. The van der Waals surface area contributed by atoms with Crippen LogP contribution in [0.5, 0.6) is 5.75 Å². The number of carbonyl (C=O) groups is 3. The second-order valence-electron chi connectivity index (χ2n) is 5.58. The van der Waals surface area contributed by atoms with E-state index in [9.17, 15) is 14.4 Å². The molecule has 2 rings (SSSR count). The quantitative estimate of drug-likeness (QED) is 0.497. The van der Waals surface area contributed by atoms with E-state index in [0.717, 1.165) is 16.2 Å². The minimum Gasteiger partial charge on any atom is -0.494 e. The summed E-state index contributed by atoms with van der Waals surface area (Å²) >= 11 is 1.60. The average molecular weight is 402 g/mol. The summed E-state index contributed by atoms with van der Waals surface area (Å²) in [5, 5.41) is 6.63. The molecule has 0 fully saturated rings. The number of hydrogen-bond acceptors (Lipinski definition) is 6. The first-order chi connectivity index (χ1) is 13.6. The van der Waals surface area contributed by atoms with Crippen molar-refractivity contribution in [1.82, 2.24) is 10.6 Å². The Morgan fingerprint density at radius 1 is 1.14 bits per heavy atom. The van der Waals surface area contributed by atoms with Crippen molar-refractivity contribution in [3.63, 3.8) is 0 Å². The van der Waals surface area contributed by atoms with Crippen LogP contribution in [0.15, 0.2) is 47.9 Å². The zero-order chi connectivity index (χ0) is 20.2. The highest BCUT2D eigenvalue weighted by atomic mass is 32.1. The first kappa shape index (κ1) is 21.2. The Bertz CT molecular complexity index is 801. The molecule has 1 aromatic carbocycles. The van der Waals surface area contributed by atoms with Gasteiger partial charge in [0.15, 0.2) is 6.61 Å². The molecule has 0 aliphatic rings. The first-order valence-electron chi connectivity index (χ1n) is 8.74. The summed E-state index contributed by atoms with van der Waals surface area (Å²) in [7, 11) is 0. The average Bonchev–Trinajstić information content (AvgIpc) is 3.19. The van der Waals surface area contributed by atoms with E-state index >= 15 is 0 Å². The number of benzene rings is 1. The predicted molar refractivity (Wildman–Crippen MR) is 107 cm³/mol. The molecule has 0 spiro atoms. The van der Waals surface area contributed by atoms with Crippen LogP contribution in [0.2, 0.25) is 0 Å². The van der Waals surface area contributed by atoms with Gasteiger partial charge in [-0.25, -0.2) is 9.59 Å². The highest BCUT2D eigenvalue weighted by Crippen LogP contribution is 2.13. The van der Waals surface area contributed by atoms with E-state index < -0.39 is 24.5 Å². The van der Waals surface area contributed by atoms with E-state index in [1.54, 1.807) is 41.7 Å². The molecule has 0 unspecified atom stereocenters. The van der Waals surface area contributed by atoms with E-state index in [4.69, 9.17) is 9.47 Å². The molecule has 3 amide bonds. The number of ether oxygens (including phenoxy) is 2. The van der Waals surface area contributed by atoms with Crippen LogP contribution in [0.4, 0.5) is 4.79 Å². The van der Waals surface area contributed by atoms with Gasteiger partial charge in [-0.15, -0.1) is 11.3 Å². The molecule has 0 bridgehead atoms.